The SMILES string of the molecule is CC(C)CC(NC(C)c1ccccn1)c1ccccc1. The lowest BCUT2D eigenvalue weighted by Crippen LogP contribution is -2.26. The summed E-state index contributed by atoms with van der Waals surface area (Å²) < 4.78 is 0. The molecule has 0 aliphatic heterocycles. The van der Waals surface area contributed by atoms with Crippen LogP contribution in [0, 0.1) is 5.92 Å². The standard InChI is InChI=1S/C18H24N2/c1-14(2)13-18(16-9-5-4-6-10-16)20-15(3)17-11-7-8-12-19-17/h4-12,14-15,18,20H,13H2,1-3H3. The smallest absolute Gasteiger partial charge is 0.0570 e. The molecule has 0 spiro atoms. The van der Waals surface area contributed by atoms with E-state index in [0.717, 1.165) is 12.1 Å². The predicted molar refractivity (Wildman–Crippen MR) is 84.4 cm³/mol. The number of hydrogen-bond donors (Lipinski definition) is 1. The first-order chi connectivity index (χ1) is 9.66. The van der Waals surface area contributed by atoms with Gasteiger partial charge in [0.25, 0.3) is 0 Å². The molecule has 0 saturated carbocycles. The molecule has 1 aromatic heterocycles. The molecule has 1 aromatic carbocycles. The van der Waals surface area contributed by atoms with Gasteiger partial charge in [-0.25, -0.2) is 0 Å². The van der Waals surface area contributed by atoms with Crippen LogP contribution in [0.2, 0.25) is 0 Å². The number of hydrogen-bond acceptors (Lipinski definition) is 2. The fraction of sp³-hybridized carbons (Fsp3) is 0.389. The molecule has 0 saturated heterocycles. The number of nitrogens with zero attached hydrogens (tertiary/aromatic N) is 1. The van der Waals surface area contributed by atoms with E-state index in [1.54, 1.807) is 0 Å². The molecule has 1 N–H and O–H groups in total. The van der Waals surface area contributed by atoms with Crippen molar-refractivity contribution in [3.05, 3.63) is 66.0 Å². The van der Waals surface area contributed by atoms with Crippen molar-refractivity contribution in [3.8, 4) is 0 Å². The summed E-state index contributed by atoms with van der Waals surface area (Å²) in [4.78, 5) is 4.44. The van der Waals surface area contributed by atoms with Crippen molar-refractivity contribution < 1.29 is 0 Å². The first-order valence-electron chi connectivity index (χ1n) is 7.38. The second kappa shape index (κ2) is 7.20. The van der Waals surface area contributed by atoms with Gasteiger partial charge in [0, 0.05) is 18.3 Å². The van der Waals surface area contributed by atoms with Gasteiger partial charge in [-0.1, -0.05) is 50.2 Å². The van der Waals surface area contributed by atoms with Crippen molar-refractivity contribution in [1.82, 2.24) is 10.3 Å². The zero-order valence-corrected chi connectivity index (χ0v) is 12.6. The van der Waals surface area contributed by atoms with Gasteiger partial charge in [0.2, 0.25) is 0 Å². The molecule has 2 aromatic rings. The van der Waals surface area contributed by atoms with E-state index in [9.17, 15) is 0 Å². The van der Waals surface area contributed by atoms with Gasteiger partial charge in [-0.3, -0.25) is 4.98 Å². The molecule has 0 radical (unpaired) electrons. The Labute approximate surface area is 122 Å². The molecule has 2 heteroatoms. The maximum atomic E-state index is 4.44. The van der Waals surface area contributed by atoms with E-state index < -0.39 is 0 Å². The highest BCUT2D eigenvalue weighted by Gasteiger charge is 2.17. The number of rotatable bonds is 6. The van der Waals surface area contributed by atoms with Gasteiger partial charge in [-0.05, 0) is 37.0 Å². The molecule has 2 nitrogen and oxygen atoms in total. The van der Waals surface area contributed by atoms with E-state index in [1.807, 2.05) is 18.3 Å². The molecule has 0 aliphatic rings. The van der Waals surface area contributed by atoms with E-state index in [1.165, 1.54) is 5.56 Å². The Morgan fingerprint density at radius 1 is 0.950 bits per heavy atom. The minimum absolute atomic E-state index is 0.250. The van der Waals surface area contributed by atoms with Crippen LogP contribution in [0.15, 0.2) is 54.7 Å². The molecule has 0 bridgehead atoms. The Bertz CT molecular complexity index is 493. The van der Waals surface area contributed by atoms with Gasteiger partial charge in [-0.15, -0.1) is 0 Å². The summed E-state index contributed by atoms with van der Waals surface area (Å²) in [5.41, 5.74) is 2.45. The molecule has 0 amide bonds. The minimum atomic E-state index is 0.250. The molecule has 2 rings (SSSR count). The van der Waals surface area contributed by atoms with E-state index in [2.05, 4.69) is 67.5 Å². The maximum Gasteiger partial charge on any atom is 0.0570 e. The summed E-state index contributed by atoms with van der Waals surface area (Å²) in [6.07, 6.45) is 2.98. The van der Waals surface area contributed by atoms with E-state index >= 15 is 0 Å². The van der Waals surface area contributed by atoms with E-state index in [4.69, 9.17) is 0 Å². The average Bonchev–Trinajstić information content (AvgIpc) is 2.48. The van der Waals surface area contributed by atoms with Crippen molar-refractivity contribution in [3.63, 3.8) is 0 Å². The lowest BCUT2D eigenvalue weighted by atomic mass is 9.96. The number of pyridine rings is 1. The molecule has 0 aliphatic carbocycles. The van der Waals surface area contributed by atoms with Crippen LogP contribution in [0.25, 0.3) is 0 Å². The van der Waals surface area contributed by atoms with Crippen LogP contribution in [0.4, 0.5) is 0 Å². The van der Waals surface area contributed by atoms with Crippen molar-refractivity contribution >= 4 is 0 Å². The number of nitrogens with one attached hydrogen (secondary N) is 1. The average molecular weight is 268 g/mol. The molecular weight excluding hydrogens is 244 g/mol. The highest BCUT2D eigenvalue weighted by Crippen LogP contribution is 2.24. The summed E-state index contributed by atoms with van der Waals surface area (Å²) in [7, 11) is 0. The highest BCUT2D eigenvalue weighted by molar-refractivity contribution is 5.20. The zero-order valence-electron chi connectivity index (χ0n) is 12.6. The normalized spacial score (nSPS) is 14.2. The van der Waals surface area contributed by atoms with Gasteiger partial charge in [0.05, 0.1) is 5.69 Å². The maximum absolute atomic E-state index is 4.44. The van der Waals surface area contributed by atoms with Crippen LogP contribution < -0.4 is 5.32 Å². The van der Waals surface area contributed by atoms with Crippen molar-refractivity contribution in [2.75, 3.05) is 0 Å². The summed E-state index contributed by atoms with van der Waals surface area (Å²) in [6, 6.07) is 17.4. The van der Waals surface area contributed by atoms with Gasteiger partial charge in [0.1, 0.15) is 0 Å². The topological polar surface area (TPSA) is 24.9 Å². The minimum Gasteiger partial charge on any atom is -0.302 e. The van der Waals surface area contributed by atoms with Gasteiger partial charge in [0.15, 0.2) is 0 Å². The lowest BCUT2D eigenvalue weighted by Gasteiger charge is -2.25. The van der Waals surface area contributed by atoms with Crippen LogP contribution in [0.3, 0.4) is 0 Å². The first kappa shape index (κ1) is 14.7. The van der Waals surface area contributed by atoms with Crippen LogP contribution in [0.5, 0.6) is 0 Å². The summed E-state index contributed by atoms with van der Waals surface area (Å²) >= 11 is 0. The largest absolute Gasteiger partial charge is 0.302 e. The fourth-order valence-corrected chi connectivity index (χ4v) is 2.48. The van der Waals surface area contributed by atoms with Crippen LogP contribution in [0.1, 0.15) is 50.5 Å². The lowest BCUT2D eigenvalue weighted by molar-refractivity contribution is 0.391. The van der Waals surface area contributed by atoms with E-state index in [-0.39, 0.29) is 6.04 Å². The van der Waals surface area contributed by atoms with Gasteiger partial charge >= 0.3 is 0 Å². The zero-order chi connectivity index (χ0) is 14.4. The molecule has 2 unspecified atom stereocenters. The van der Waals surface area contributed by atoms with Crippen molar-refractivity contribution in [1.29, 1.82) is 0 Å². The summed E-state index contributed by atoms with van der Waals surface area (Å²) in [6.45, 7) is 6.71. The fourth-order valence-electron chi connectivity index (χ4n) is 2.48. The third-order valence-corrected chi connectivity index (χ3v) is 3.49. The Balaban J connectivity index is 2.12. The Morgan fingerprint density at radius 2 is 1.65 bits per heavy atom. The highest BCUT2D eigenvalue weighted by atomic mass is 15.0. The summed E-state index contributed by atoms with van der Waals surface area (Å²) in [5.74, 6) is 0.656. The molecule has 106 valence electrons. The number of aromatic nitrogens is 1. The molecule has 1 heterocycles. The second-order valence-corrected chi connectivity index (χ2v) is 5.74. The van der Waals surface area contributed by atoms with E-state index in [0.29, 0.717) is 12.0 Å². The van der Waals surface area contributed by atoms with Crippen molar-refractivity contribution in [2.45, 2.75) is 39.3 Å². The summed E-state index contributed by atoms with van der Waals surface area (Å²) in [5, 5.41) is 3.72. The third kappa shape index (κ3) is 4.17. The Kier molecular flexibility index (Phi) is 5.31. The van der Waals surface area contributed by atoms with Gasteiger partial charge < -0.3 is 5.32 Å². The molecule has 20 heavy (non-hydrogen) atoms. The van der Waals surface area contributed by atoms with Crippen LogP contribution in [-0.4, -0.2) is 4.98 Å². The first-order valence-corrected chi connectivity index (χ1v) is 7.38. The van der Waals surface area contributed by atoms with Gasteiger partial charge in [-0.2, -0.15) is 0 Å². The molecular formula is C18H24N2. The van der Waals surface area contributed by atoms with Crippen LogP contribution in [-0.2, 0) is 0 Å². The second-order valence-electron chi connectivity index (χ2n) is 5.74. The number of benzene rings is 1. The Hall–Kier alpha value is -1.67. The predicted octanol–water partition coefficient (Wildman–Crippen LogP) is 4.52. The van der Waals surface area contributed by atoms with Crippen molar-refractivity contribution in [2.24, 2.45) is 5.92 Å². The molecule has 0 fully saturated rings. The molecule has 2 atom stereocenters. The Morgan fingerprint density at radius 3 is 2.25 bits per heavy atom. The quantitative estimate of drug-likeness (QED) is 0.833. The van der Waals surface area contributed by atoms with Crippen LogP contribution >= 0.6 is 0 Å². The monoisotopic (exact) mass is 268 g/mol. The third-order valence-electron chi connectivity index (χ3n) is 3.49.